The molecule has 0 saturated heterocycles. The molecule has 0 amide bonds. The maximum Gasteiger partial charge on any atom is 0.157 e. The second-order valence-corrected chi connectivity index (χ2v) is 7.48. The van der Waals surface area contributed by atoms with Gasteiger partial charge in [0.15, 0.2) is 5.82 Å². The van der Waals surface area contributed by atoms with Crippen LogP contribution < -0.4 is 10.1 Å². The molecule has 3 heterocycles. The van der Waals surface area contributed by atoms with Gasteiger partial charge in [0.25, 0.3) is 0 Å². The highest BCUT2D eigenvalue weighted by atomic mass is 16.5. The quantitative estimate of drug-likeness (QED) is 0.648. The van der Waals surface area contributed by atoms with Crippen LogP contribution >= 0.6 is 0 Å². The van der Waals surface area contributed by atoms with Crippen LogP contribution in [0.2, 0.25) is 0 Å². The van der Waals surface area contributed by atoms with Gasteiger partial charge in [0, 0.05) is 11.5 Å². The largest absolute Gasteiger partial charge is 0.488 e. The number of anilines is 1. The lowest BCUT2D eigenvalue weighted by molar-refractivity contribution is 0.344. The van der Waals surface area contributed by atoms with E-state index in [0.29, 0.717) is 13.2 Å². The monoisotopic (exact) mass is 396 g/mol. The Kier molecular flexibility index (Phi) is 4.93. The van der Waals surface area contributed by atoms with Crippen LogP contribution in [0.1, 0.15) is 30.2 Å². The van der Waals surface area contributed by atoms with E-state index in [1.54, 1.807) is 6.33 Å². The van der Waals surface area contributed by atoms with Gasteiger partial charge in [-0.15, -0.1) is 0 Å². The number of aromatic nitrogens is 2. The second kappa shape index (κ2) is 8.03. The molecule has 2 aliphatic heterocycles. The smallest absolute Gasteiger partial charge is 0.157 e. The number of rotatable bonds is 4. The molecule has 0 spiro atoms. The molecule has 0 radical (unpaired) electrons. The van der Waals surface area contributed by atoms with Gasteiger partial charge < -0.3 is 15.0 Å². The molecule has 3 aromatic rings. The number of para-hydroxylation sites is 1. The van der Waals surface area contributed by atoms with E-state index in [2.05, 4.69) is 64.7 Å². The molecule has 1 aromatic heterocycles. The van der Waals surface area contributed by atoms with E-state index < -0.39 is 0 Å². The first-order chi connectivity index (χ1) is 14.8. The number of hydrogen-bond acceptors (Lipinski definition) is 4. The minimum Gasteiger partial charge on any atom is -0.488 e. The summed E-state index contributed by atoms with van der Waals surface area (Å²) >= 11 is 0. The summed E-state index contributed by atoms with van der Waals surface area (Å²) in [4.78, 5) is 12.8. The Balaban J connectivity index is 1.60. The van der Waals surface area contributed by atoms with E-state index in [1.165, 1.54) is 16.7 Å². The number of fused-ring (bicyclic) bond motifs is 2. The Labute approximate surface area is 176 Å². The number of aromatic amines is 1. The summed E-state index contributed by atoms with van der Waals surface area (Å²) in [7, 11) is 0. The van der Waals surface area contributed by atoms with Gasteiger partial charge in [0.2, 0.25) is 0 Å². The average Bonchev–Trinajstić information content (AvgIpc) is 3.19. The molecule has 150 valence electrons. The van der Waals surface area contributed by atoms with Crippen LogP contribution in [0.4, 0.5) is 5.82 Å². The number of nitrogens with one attached hydrogen (secondary N) is 2. The van der Waals surface area contributed by atoms with E-state index >= 15 is 0 Å². The van der Waals surface area contributed by atoms with Gasteiger partial charge in [0.05, 0.1) is 18.6 Å². The number of aliphatic imine (C=N–C) groups is 1. The zero-order valence-electron chi connectivity index (χ0n) is 16.9. The van der Waals surface area contributed by atoms with Crippen LogP contribution in [-0.2, 0) is 0 Å². The molecule has 1 unspecified atom stereocenters. The van der Waals surface area contributed by atoms with Crippen LogP contribution in [0.5, 0.6) is 5.75 Å². The lowest BCUT2D eigenvalue weighted by atomic mass is 9.90. The molecule has 30 heavy (non-hydrogen) atoms. The van der Waals surface area contributed by atoms with Crippen molar-refractivity contribution >= 4 is 17.1 Å². The van der Waals surface area contributed by atoms with Gasteiger partial charge in [-0.3, -0.25) is 4.99 Å². The summed E-state index contributed by atoms with van der Waals surface area (Å²) in [6.45, 7) is 3.30. The van der Waals surface area contributed by atoms with Crippen molar-refractivity contribution in [2.75, 3.05) is 18.5 Å². The molecule has 5 heteroatoms. The van der Waals surface area contributed by atoms with Gasteiger partial charge in [0.1, 0.15) is 18.1 Å². The molecular formula is C25H24N4O. The SMILES string of the molecule is CCC1C=CNc2nc[nH]c2C1=NCC1=C(c2ccccc2)c2ccccc2OC1. The summed E-state index contributed by atoms with van der Waals surface area (Å²) in [6, 6.07) is 18.8. The molecule has 0 aliphatic carbocycles. The molecule has 0 bridgehead atoms. The summed E-state index contributed by atoms with van der Waals surface area (Å²) in [6.07, 6.45) is 6.81. The van der Waals surface area contributed by atoms with E-state index in [9.17, 15) is 0 Å². The normalized spacial score (nSPS) is 19.0. The Morgan fingerprint density at radius 3 is 2.80 bits per heavy atom. The lowest BCUT2D eigenvalue weighted by Crippen LogP contribution is -2.18. The number of H-pyrrole nitrogens is 1. The average molecular weight is 396 g/mol. The first-order valence-electron chi connectivity index (χ1n) is 10.4. The van der Waals surface area contributed by atoms with Crippen LogP contribution in [0.25, 0.3) is 5.57 Å². The predicted octanol–water partition coefficient (Wildman–Crippen LogP) is 5.06. The molecule has 2 aromatic carbocycles. The van der Waals surface area contributed by atoms with Crippen LogP contribution in [-0.4, -0.2) is 28.8 Å². The van der Waals surface area contributed by atoms with Crippen molar-refractivity contribution in [3.63, 3.8) is 0 Å². The van der Waals surface area contributed by atoms with Crippen molar-refractivity contribution in [2.45, 2.75) is 13.3 Å². The number of benzene rings is 2. The Morgan fingerprint density at radius 1 is 1.10 bits per heavy atom. The van der Waals surface area contributed by atoms with E-state index in [4.69, 9.17) is 9.73 Å². The molecule has 1 atom stereocenters. The summed E-state index contributed by atoms with van der Waals surface area (Å²) in [5.74, 6) is 1.98. The van der Waals surface area contributed by atoms with E-state index in [-0.39, 0.29) is 5.92 Å². The van der Waals surface area contributed by atoms with Crippen molar-refractivity contribution in [3.05, 3.63) is 95.6 Å². The van der Waals surface area contributed by atoms with Gasteiger partial charge in [-0.2, -0.15) is 0 Å². The zero-order valence-corrected chi connectivity index (χ0v) is 16.9. The predicted molar refractivity (Wildman–Crippen MR) is 121 cm³/mol. The maximum absolute atomic E-state index is 6.09. The third-order valence-corrected chi connectivity index (χ3v) is 5.65. The van der Waals surface area contributed by atoms with Gasteiger partial charge in [-0.1, -0.05) is 61.5 Å². The Hall–Kier alpha value is -3.60. The summed E-state index contributed by atoms with van der Waals surface area (Å²) < 4.78 is 6.09. The zero-order chi connectivity index (χ0) is 20.3. The summed E-state index contributed by atoms with van der Waals surface area (Å²) in [5.41, 5.74) is 6.73. The second-order valence-electron chi connectivity index (χ2n) is 7.48. The Morgan fingerprint density at radius 2 is 1.93 bits per heavy atom. The number of nitrogens with zero attached hydrogens (tertiary/aromatic N) is 2. The van der Waals surface area contributed by atoms with Crippen LogP contribution in [0, 0.1) is 5.92 Å². The fourth-order valence-electron chi connectivity index (χ4n) is 4.14. The number of hydrogen-bond donors (Lipinski definition) is 2. The van der Waals surface area contributed by atoms with Crippen LogP contribution in [0.3, 0.4) is 0 Å². The van der Waals surface area contributed by atoms with Gasteiger partial charge >= 0.3 is 0 Å². The van der Waals surface area contributed by atoms with Crippen molar-refractivity contribution < 1.29 is 4.74 Å². The third-order valence-electron chi connectivity index (χ3n) is 5.65. The lowest BCUT2D eigenvalue weighted by Gasteiger charge is -2.24. The van der Waals surface area contributed by atoms with Crippen molar-refractivity contribution in [1.29, 1.82) is 0 Å². The number of imidazole rings is 1. The minimum atomic E-state index is 0.233. The van der Waals surface area contributed by atoms with Crippen molar-refractivity contribution in [3.8, 4) is 5.75 Å². The highest BCUT2D eigenvalue weighted by Crippen LogP contribution is 2.37. The minimum absolute atomic E-state index is 0.233. The molecule has 5 rings (SSSR count). The molecule has 5 nitrogen and oxygen atoms in total. The molecule has 0 saturated carbocycles. The highest BCUT2D eigenvalue weighted by Gasteiger charge is 2.24. The molecule has 2 aliphatic rings. The number of ether oxygens (including phenoxy) is 1. The standard InChI is InChI=1S/C25H24N4O/c1-2-17-12-13-26-25-24(28-16-29-25)23(17)27-14-19-15-30-21-11-7-6-10-20(21)22(19)18-8-4-3-5-9-18/h3-13,16-17,26H,2,14-15H2,1H3,(H,28,29). The first-order valence-corrected chi connectivity index (χ1v) is 10.4. The molecule has 2 N–H and O–H groups in total. The topological polar surface area (TPSA) is 62.3 Å². The van der Waals surface area contributed by atoms with Crippen molar-refractivity contribution in [2.24, 2.45) is 10.9 Å². The van der Waals surface area contributed by atoms with E-state index in [0.717, 1.165) is 35.0 Å². The Bertz CT molecular complexity index is 1140. The first kappa shape index (κ1) is 18.4. The van der Waals surface area contributed by atoms with Crippen LogP contribution in [0.15, 0.2) is 83.8 Å². The summed E-state index contributed by atoms with van der Waals surface area (Å²) in [5, 5.41) is 3.24. The highest BCUT2D eigenvalue weighted by molar-refractivity contribution is 6.06. The fraction of sp³-hybridized carbons (Fsp3) is 0.200. The van der Waals surface area contributed by atoms with Crippen molar-refractivity contribution in [1.82, 2.24) is 9.97 Å². The maximum atomic E-state index is 6.09. The fourth-order valence-corrected chi connectivity index (χ4v) is 4.14. The third kappa shape index (κ3) is 3.32. The number of allylic oxidation sites excluding steroid dienone is 1. The van der Waals surface area contributed by atoms with Gasteiger partial charge in [-0.05, 0) is 35.4 Å². The van der Waals surface area contributed by atoms with Gasteiger partial charge in [-0.25, -0.2) is 4.98 Å². The van der Waals surface area contributed by atoms with E-state index in [1.807, 2.05) is 24.4 Å². The molecule has 0 fully saturated rings. The molecular weight excluding hydrogens is 372 g/mol.